The summed E-state index contributed by atoms with van der Waals surface area (Å²) >= 11 is 3.11. The molecule has 2 aromatic heterocycles. The molecule has 1 aliphatic heterocycles. The number of thiazole rings is 1. The monoisotopic (exact) mass is 362 g/mol. The minimum absolute atomic E-state index is 0.00633. The number of thiophene rings is 1. The number of carbonyl (C=O) groups is 1. The maximum absolute atomic E-state index is 12.6. The molecule has 2 aromatic rings. The van der Waals surface area contributed by atoms with Gasteiger partial charge in [0.05, 0.1) is 11.8 Å². The fourth-order valence-electron chi connectivity index (χ4n) is 3.85. The molecule has 1 aliphatic carbocycles. The molecule has 1 N–H and O–H groups in total. The Morgan fingerprint density at radius 2 is 2.21 bits per heavy atom. The summed E-state index contributed by atoms with van der Waals surface area (Å²) in [5.41, 5.74) is 1.11. The summed E-state index contributed by atoms with van der Waals surface area (Å²) < 4.78 is 6.12. The molecule has 0 aromatic carbocycles. The Hall–Kier alpha value is -1.24. The van der Waals surface area contributed by atoms with Gasteiger partial charge >= 0.3 is 0 Å². The van der Waals surface area contributed by atoms with Crippen LogP contribution in [-0.2, 0) is 4.74 Å². The SMILES string of the molecule is O=C(NC1CCOC2(CCCCC2)C1)c1cnc(-c2ccsc2)s1. The minimum atomic E-state index is 0.00633. The summed E-state index contributed by atoms with van der Waals surface area (Å²) in [6.07, 6.45) is 9.65. The van der Waals surface area contributed by atoms with Crippen LogP contribution >= 0.6 is 22.7 Å². The number of nitrogens with one attached hydrogen (secondary N) is 1. The second-order valence-corrected chi connectivity index (χ2v) is 8.61. The van der Waals surface area contributed by atoms with Crippen molar-refractivity contribution in [2.45, 2.75) is 56.6 Å². The number of amides is 1. The third-order valence-electron chi connectivity index (χ3n) is 5.09. The summed E-state index contributed by atoms with van der Waals surface area (Å²) in [5, 5.41) is 8.22. The van der Waals surface area contributed by atoms with Crippen LogP contribution in [0.15, 0.2) is 23.0 Å². The van der Waals surface area contributed by atoms with Crippen LogP contribution in [0, 0.1) is 0 Å². The largest absolute Gasteiger partial charge is 0.375 e. The van der Waals surface area contributed by atoms with E-state index in [0.29, 0.717) is 4.88 Å². The van der Waals surface area contributed by atoms with E-state index in [1.54, 1.807) is 17.5 Å². The number of aromatic nitrogens is 1. The molecule has 1 saturated heterocycles. The van der Waals surface area contributed by atoms with Gasteiger partial charge in [-0.3, -0.25) is 4.79 Å². The molecule has 1 atom stereocenters. The summed E-state index contributed by atoms with van der Waals surface area (Å²) in [6.45, 7) is 0.758. The van der Waals surface area contributed by atoms with Crippen LogP contribution in [0.1, 0.15) is 54.6 Å². The zero-order valence-electron chi connectivity index (χ0n) is 13.6. The molecule has 0 radical (unpaired) electrons. The van der Waals surface area contributed by atoms with Gasteiger partial charge < -0.3 is 10.1 Å². The lowest BCUT2D eigenvalue weighted by atomic mass is 9.78. The number of nitrogens with zero attached hydrogens (tertiary/aromatic N) is 1. The topological polar surface area (TPSA) is 51.2 Å². The van der Waals surface area contributed by atoms with E-state index in [0.717, 1.165) is 42.9 Å². The quantitative estimate of drug-likeness (QED) is 0.875. The number of carbonyl (C=O) groups excluding carboxylic acids is 1. The zero-order valence-corrected chi connectivity index (χ0v) is 15.3. The van der Waals surface area contributed by atoms with Crippen molar-refractivity contribution >= 4 is 28.6 Å². The number of hydrogen-bond acceptors (Lipinski definition) is 5. The van der Waals surface area contributed by atoms with E-state index in [9.17, 15) is 4.79 Å². The highest BCUT2D eigenvalue weighted by atomic mass is 32.1. The van der Waals surface area contributed by atoms with Crippen LogP contribution in [0.5, 0.6) is 0 Å². The molecule has 0 bridgehead atoms. The molecule has 1 amide bonds. The van der Waals surface area contributed by atoms with E-state index < -0.39 is 0 Å². The zero-order chi connectivity index (χ0) is 16.4. The standard InChI is InChI=1S/C18H22N2O2S2/c21-16(15-11-19-17(24-15)13-5-9-23-12-13)20-14-4-8-22-18(10-14)6-2-1-3-7-18/h5,9,11-12,14H,1-4,6-8,10H2,(H,20,21). The fraction of sp³-hybridized carbons (Fsp3) is 0.556. The van der Waals surface area contributed by atoms with Crippen molar-refractivity contribution in [1.29, 1.82) is 0 Å². The Morgan fingerprint density at radius 3 is 3.00 bits per heavy atom. The van der Waals surface area contributed by atoms with Crippen molar-refractivity contribution in [2.24, 2.45) is 0 Å². The van der Waals surface area contributed by atoms with Gasteiger partial charge in [-0.2, -0.15) is 11.3 Å². The lowest BCUT2D eigenvalue weighted by Crippen LogP contribution is -2.49. The summed E-state index contributed by atoms with van der Waals surface area (Å²) in [6, 6.07) is 2.26. The first-order valence-corrected chi connectivity index (χ1v) is 10.4. The minimum Gasteiger partial charge on any atom is -0.375 e. The van der Waals surface area contributed by atoms with Gasteiger partial charge in [-0.1, -0.05) is 19.3 Å². The van der Waals surface area contributed by atoms with Crippen LogP contribution in [-0.4, -0.2) is 29.1 Å². The summed E-state index contributed by atoms with van der Waals surface area (Å²) in [7, 11) is 0. The van der Waals surface area contributed by atoms with E-state index in [4.69, 9.17) is 4.74 Å². The predicted octanol–water partition coefficient (Wildman–Crippen LogP) is 4.48. The Kier molecular flexibility index (Phi) is 4.70. The molecule has 4 nitrogen and oxygen atoms in total. The van der Waals surface area contributed by atoms with Gasteiger partial charge in [0.1, 0.15) is 9.88 Å². The van der Waals surface area contributed by atoms with E-state index in [-0.39, 0.29) is 17.6 Å². The second kappa shape index (κ2) is 6.94. The Morgan fingerprint density at radius 1 is 1.33 bits per heavy atom. The molecule has 2 fully saturated rings. The van der Waals surface area contributed by atoms with E-state index >= 15 is 0 Å². The first-order chi connectivity index (χ1) is 11.7. The number of ether oxygens (including phenoxy) is 1. The molecule has 4 rings (SSSR count). The summed E-state index contributed by atoms with van der Waals surface area (Å²) in [4.78, 5) is 17.7. The van der Waals surface area contributed by atoms with E-state index in [1.807, 2.05) is 11.4 Å². The van der Waals surface area contributed by atoms with Gasteiger partial charge in [-0.25, -0.2) is 4.98 Å². The maximum atomic E-state index is 12.6. The maximum Gasteiger partial charge on any atom is 0.263 e. The molecule has 1 unspecified atom stereocenters. The van der Waals surface area contributed by atoms with Crippen LogP contribution < -0.4 is 5.32 Å². The molecule has 1 saturated carbocycles. The molecule has 128 valence electrons. The van der Waals surface area contributed by atoms with Gasteiger partial charge in [0.15, 0.2) is 0 Å². The molecule has 1 spiro atoms. The second-order valence-electron chi connectivity index (χ2n) is 6.80. The normalized spacial score (nSPS) is 23.2. The first-order valence-electron chi connectivity index (χ1n) is 8.67. The van der Waals surface area contributed by atoms with Gasteiger partial charge in [-0.05, 0) is 37.1 Å². The lowest BCUT2D eigenvalue weighted by molar-refractivity contribution is -0.107. The first kappa shape index (κ1) is 16.2. The van der Waals surface area contributed by atoms with Gasteiger partial charge in [-0.15, -0.1) is 11.3 Å². The summed E-state index contributed by atoms with van der Waals surface area (Å²) in [5.74, 6) is 0.00633. The third kappa shape index (κ3) is 3.41. The number of rotatable bonds is 3. The van der Waals surface area contributed by atoms with Crippen molar-refractivity contribution in [3.05, 3.63) is 27.9 Å². The van der Waals surface area contributed by atoms with Crippen molar-refractivity contribution in [3.8, 4) is 10.6 Å². The van der Waals surface area contributed by atoms with Crippen molar-refractivity contribution in [3.63, 3.8) is 0 Å². The van der Waals surface area contributed by atoms with Gasteiger partial charge in [0.25, 0.3) is 5.91 Å². The third-order valence-corrected chi connectivity index (χ3v) is 6.82. The van der Waals surface area contributed by atoms with Crippen LogP contribution in [0.25, 0.3) is 10.6 Å². The highest BCUT2D eigenvalue weighted by Crippen LogP contribution is 2.38. The average molecular weight is 363 g/mol. The lowest BCUT2D eigenvalue weighted by Gasteiger charge is -2.43. The van der Waals surface area contributed by atoms with E-state index in [1.165, 1.54) is 30.6 Å². The predicted molar refractivity (Wildman–Crippen MR) is 97.7 cm³/mol. The van der Waals surface area contributed by atoms with Crippen LogP contribution in [0.4, 0.5) is 0 Å². The van der Waals surface area contributed by atoms with E-state index in [2.05, 4.69) is 15.7 Å². The van der Waals surface area contributed by atoms with Crippen molar-refractivity contribution < 1.29 is 9.53 Å². The number of hydrogen-bond donors (Lipinski definition) is 1. The highest BCUT2D eigenvalue weighted by molar-refractivity contribution is 7.17. The van der Waals surface area contributed by atoms with Crippen molar-refractivity contribution in [1.82, 2.24) is 10.3 Å². The Balaban J connectivity index is 1.40. The highest BCUT2D eigenvalue weighted by Gasteiger charge is 2.39. The smallest absolute Gasteiger partial charge is 0.263 e. The van der Waals surface area contributed by atoms with Gasteiger partial charge in [0, 0.05) is 23.6 Å². The Bertz CT molecular complexity index is 684. The molecule has 6 heteroatoms. The van der Waals surface area contributed by atoms with Crippen LogP contribution in [0.2, 0.25) is 0 Å². The molecular weight excluding hydrogens is 340 g/mol. The van der Waals surface area contributed by atoms with Crippen molar-refractivity contribution in [2.75, 3.05) is 6.61 Å². The molecular formula is C18H22N2O2S2. The average Bonchev–Trinajstić information content (AvgIpc) is 3.27. The fourth-order valence-corrected chi connectivity index (χ4v) is 5.38. The van der Waals surface area contributed by atoms with Crippen LogP contribution in [0.3, 0.4) is 0 Å². The molecule has 24 heavy (non-hydrogen) atoms. The molecule has 3 heterocycles. The Labute approximate surface area is 150 Å². The molecule has 2 aliphatic rings. The van der Waals surface area contributed by atoms with Gasteiger partial charge in [0.2, 0.25) is 0 Å².